The molecule has 0 saturated carbocycles. The summed E-state index contributed by atoms with van der Waals surface area (Å²) < 4.78 is 0. The molecule has 3 nitrogen and oxygen atoms in total. The maximum absolute atomic E-state index is 5.04. The fourth-order valence-corrected chi connectivity index (χ4v) is 0.170. The van der Waals surface area contributed by atoms with Crippen molar-refractivity contribution < 1.29 is 4.84 Å². The van der Waals surface area contributed by atoms with Gasteiger partial charge >= 0.3 is 0 Å². The minimum atomic E-state index is 0.444. The Kier molecular flexibility index (Phi) is 4.99. The highest BCUT2D eigenvalue weighted by Gasteiger charge is 1.65. The summed E-state index contributed by atoms with van der Waals surface area (Å²) in [5.74, 6) is 0. The molecule has 7 heavy (non-hydrogen) atoms. The number of hydrogen-bond donors (Lipinski definition) is 1. The van der Waals surface area contributed by atoms with Crippen molar-refractivity contribution in [2.24, 2.45) is 10.9 Å². The van der Waals surface area contributed by atoms with Crippen LogP contribution in [-0.2, 0) is 4.84 Å². The largest absolute Gasteiger partial charge is 0.396 e. The zero-order valence-electron chi connectivity index (χ0n) is 4.42. The molecule has 0 heterocycles. The second-order valence-corrected chi connectivity index (χ2v) is 0.941. The number of rotatable bonds is 3. The van der Waals surface area contributed by atoms with Crippen LogP contribution in [0.3, 0.4) is 0 Å². The second kappa shape index (κ2) is 5.43. The summed E-state index contributed by atoms with van der Waals surface area (Å²) in [6.07, 6.45) is 1.52. The lowest BCUT2D eigenvalue weighted by Crippen LogP contribution is -1.99. The lowest BCUT2D eigenvalue weighted by Gasteiger charge is -1.86. The van der Waals surface area contributed by atoms with Crippen molar-refractivity contribution in [3.8, 4) is 0 Å². The van der Waals surface area contributed by atoms with Crippen LogP contribution in [0.5, 0.6) is 0 Å². The summed E-state index contributed by atoms with van der Waals surface area (Å²) in [6.45, 7) is 2.92. The van der Waals surface area contributed by atoms with Crippen LogP contribution in [0.15, 0.2) is 5.16 Å². The van der Waals surface area contributed by atoms with Crippen LogP contribution in [0, 0.1) is 0 Å². The topological polar surface area (TPSA) is 47.6 Å². The van der Waals surface area contributed by atoms with Gasteiger partial charge < -0.3 is 10.6 Å². The summed E-state index contributed by atoms with van der Waals surface area (Å²) in [6, 6.07) is 0. The Morgan fingerprint density at radius 3 is 3.00 bits per heavy atom. The SMILES string of the molecule is CCO/N=C/CN. The Morgan fingerprint density at radius 1 is 1.86 bits per heavy atom. The van der Waals surface area contributed by atoms with Gasteiger partial charge in [-0.15, -0.1) is 0 Å². The highest BCUT2D eigenvalue weighted by molar-refractivity contribution is 5.58. The van der Waals surface area contributed by atoms with Crippen LogP contribution in [-0.4, -0.2) is 19.4 Å². The summed E-state index contributed by atoms with van der Waals surface area (Å²) in [5, 5.41) is 3.46. The minimum Gasteiger partial charge on any atom is -0.396 e. The van der Waals surface area contributed by atoms with Crippen molar-refractivity contribution in [3.05, 3.63) is 0 Å². The molecule has 42 valence electrons. The molecule has 0 aliphatic rings. The Hall–Kier alpha value is -0.570. The Bertz CT molecular complexity index is 53.7. The molecule has 2 N–H and O–H groups in total. The maximum Gasteiger partial charge on any atom is 0.114 e. The molecular formula is C4H10N2O. The van der Waals surface area contributed by atoms with Crippen molar-refractivity contribution in [1.29, 1.82) is 0 Å². The van der Waals surface area contributed by atoms with Gasteiger partial charge in [0.15, 0.2) is 0 Å². The minimum absolute atomic E-state index is 0.444. The average molecular weight is 102 g/mol. The Labute approximate surface area is 43.1 Å². The van der Waals surface area contributed by atoms with Gasteiger partial charge in [-0.1, -0.05) is 5.16 Å². The smallest absolute Gasteiger partial charge is 0.114 e. The maximum atomic E-state index is 5.04. The summed E-state index contributed by atoms with van der Waals surface area (Å²) in [7, 11) is 0. The quantitative estimate of drug-likeness (QED) is 0.401. The summed E-state index contributed by atoms with van der Waals surface area (Å²) in [4.78, 5) is 4.56. The van der Waals surface area contributed by atoms with Gasteiger partial charge in [-0.05, 0) is 6.92 Å². The van der Waals surface area contributed by atoms with E-state index in [2.05, 4.69) is 9.99 Å². The van der Waals surface area contributed by atoms with E-state index in [1.165, 1.54) is 6.21 Å². The monoisotopic (exact) mass is 102 g/mol. The average Bonchev–Trinajstić information content (AvgIpc) is 1.69. The molecule has 0 aromatic carbocycles. The fraction of sp³-hybridized carbons (Fsp3) is 0.750. The van der Waals surface area contributed by atoms with E-state index >= 15 is 0 Å². The van der Waals surface area contributed by atoms with E-state index in [0.717, 1.165) is 0 Å². The first-order valence-corrected chi connectivity index (χ1v) is 2.25. The van der Waals surface area contributed by atoms with Crippen molar-refractivity contribution >= 4 is 6.21 Å². The molecule has 0 saturated heterocycles. The molecule has 0 spiro atoms. The van der Waals surface area contributed by atoms with Crippen LogP contribution in [0.2, 0.25) is 0 Å². The first-order valence-electron chi connectivity index (χ1n) is 2.25. The van der Waals surface area contributed by atoms with Crippen molar-refractivity contribution in [2.45, 2.75) is 6.92 Å². The van der Waals surface area contributed by atoms with Gasteiger partial charge in [0.1, 0.15) is 6.61 Å². The summed E-state index contributed by atoms with van der Waals surface area (Å²) >= 11 is 0. The van der Waals surface area contributed by atoms with Gasteiger partial charge in [0.25, 0.3) is 0 Å². The molecule has 0 atom stereocenters. The Balaban J connectivity index is 2.78. The van der Waals surface area contributed by atoms with E-state index in [1.807, 2.05) is 6.92 Å². The van der Waals surface area contributed by atoms with Gasteiger partial charge in [0.05, 0.1) is 6.21 Å². The zero-order chi connectivity index (χ0) is 5.54. The van der Waals surface area contributed by atoms with Crippen LogP contribution in [0.4, 0.5) is 0 Å². The van der Waals surface area contributed by atoms with Gasteiger partial charge in [0.2, 0.25) is 0 Å². The van der Waals surface area contributed by atoms with Crippen LogP contribution in [0.1, 0.15) is 6.92 Å². The van der Waals surface area contributed by atoms with Crippen LogP contribution in [0.25, 0.3) is 0 Å². The molecule has 0 aromatic rings. The van der Waals surface area contributed by atoms with Gasteiger partial charge in [-0.3, -0.25) is 0 Å². The number of oxime groups is 1. The highest BCUT2D eigenvalue weighted by Crippen LogP contribution is 1.67. The molecule has 0 bridgehead atoms. The van der Waals surface area contributed by atoms with E-state index in [1.54, 1.807) is 0 Å². The third kappa shape index (κ3) is 5.43. The number of hydrogen-bond acceptors (Lipinski definition) is 3. The van der Waals surface area contributed by atoms with E-state index in [4.69, 9.17) is 5.73 Å². The second-order valence-electron chi connectivity index (χ2n) is 0.941. The molecule has 0 fully saturated rings. The van der Waals surface area contributed by atoms with Gasteiger partial charge in [-0.25, -0.2) is 0 Å². The predicted molar refractivity (Wildman–Crippen MR) is 29.2 cm³/mol. The first-order chi connectivity index (χ1) is 3.41. The molecule has 3 heteroatoms. The molecule has 0 aliphatic carbocycles. The lowest BCUT2D eigenvalue weighted by atomic mass is 10.8. The van der Waals surface area contributed by atoms with Gasteiger partial charge in [-0.2, -0.15) is 0 Å². The van der Waals surface area contributed by atoms with E-state index in [9.17, 15) is 0 Å². The third-order valence-electron chi connectivity index (χ3n) is 0.384. The molecule has 0 radical (unpaired) electrons. The highest BCUT2D eigenvalue weighted by atomic mass is 16.6. The lowest BCUT2D eigenvalue weighted by molar-refractivity contribution is 0.160. The third-order valence-corrected chi connectivity index (χ3v) is 0.384. The normalized spacial score (nSPS) is 10.0. The Morgan fingerprint density at radius 2 is 2.57 bits per heavy atom. The zero-order valence-corrected chi connectivity index (χ0v) is 4.42. The standard InChI is InChI=1S/C4H10N2O/c1-2-7-6-4-3-5/h4H,2-3,5H2,1H3/b6-4+. The van der Waals surface area contributed by atoms with Crippen molar-refractivity contribution in [3.63, 3.8) is 0 Å². The van der Waals surface area contributed by atoms with Crippen LogP contribution >= 0.6 is 0 Å². The molecule has 0 amide bonds. The number of nitrogens with two attached hydrogens (primary N) is 1. The molecule has 0 rings (SSSR count). The van der Waals surface area contributed by atoms with E-state index in [0.29, 0.717) is 13.2 Å². The van der Waals surface area contributed by atoms with Gasteiger partial charge in [0, 0.05) is 6.54 Å². The number of nitrogens with zero attached hydrogens (tertiary/aromatic N) is 1. The van der Waals surface area contributed by atoms with E-state index < -0.39 is 0 Å². The predicted octanol–water partition coefficient (Wildman–Crippen LogP) is -0.0326. The van der Waals surface area contributed by atoms with Crippen molar-refractivity contribution in [2.75, 3.05) is 13.2 Å². The molecular weight excluding hydrogens is 92.1 g/mol. The van der Waals surface area contributed by atoms with Crippen LogP contribution < -0.4 is 5.73 Å². The molecule has 0 aliphatic heterocycles. The molecule has 0 unspecified atom stereocenters. The van der Waals surface area contributed by atoms with Crippen molar-refractivity contribution in [1.82, 2.24) is 0 Å². The fourth-order valence-electron chi connectivity index (χ4n) is 0.170. The van der Waals surface area contributed by atoms with E-state index in [-0.39, 0.29) is 0 Å². The first kappa shape index (κ1) is 6.43. The molecule has 0 aromatic heterocycles. The summed E-state index contributed by atoms with van der Waals surface area (Å²) in [5.41, 5.74) is 5.04.